The van der Waals surface area contributed by atoms with Gasteiger partial charge in [-0.2, -0.15) is 0 Å². The molecule has 1 rings (SSSR count). The highest BCUT2D eigenvalue weighted by Gasteiger charge is 2.22. The number of benzene rings is 1. The van der Waals surface area contributed by atoms with Crippen LogP contribution in [0.2, 0.25) is 0 Å². The van der Waals surface area contributed by atoms with Gasteiger partial charge >= 0.3 is 0 Å². The van der Waals surface area contributed by atoms with Crippen molar-refractivity contribution in [3.05, 3.63) is 29.8 Å². The minimum absolute atomic E-state index is 0.0210. The number of carbonyl (C=O) groups excluding carboxylic acids is 3. The Morgan fingerprint density at radius 2 is 1.63 bits per heavy atom. The molecule has 0 radical (unpaired) electrons. The van der Waals surface area contributed by atoms with Crippen LogP contribution in [0.25, 0.3) is 0 Å². The highest BCUT2D eigenvalue weighted by Crippen LogP contribution is 2.20. The fourth-order valence-electron chi connectivity index (χ4n) is 2.62. The summed E-state index contributed by atoms with van der Waals surface area (Å²) >= 11 is 1.55. The first-order valence-electron chi connectivity index (χ1n) is 9.18. The van der Waals surface area contributed by atoms with Crippen LogP contribution in [-0.2, 0) is 20.8 Å². The summed E-state index contributed by atoms with van der Waals surface area (Å²) in [5, 5.41) is 5.90. The second kappa shape index (κ2) is 11.1. The Hall–Kier alpha value is -1.86. The predicted molar refractivity (Wildman–Crippen MR) is 110 cm³/mol. The van der Waals surface area contributed by atoms with Gasteiger partial charge in [-0.3, -0.25) is 14.4 Å². The predicted octanol–water partition coefficient (Wildman–Crippen LogP) is 1.90. The second-order valence-corrected chi connectivity index (χ2v) is 8.34. The van der Waals surface area contributed by atoms with E-state index in [9.17, 15) is 14.4 Å². The molecule has 0 aliphatic heterocycles. The molecule has 0 bridgehead atoms. The molecule has 6 nitrogen and oxygen atoms in total. The fraction of sp³-hybridized carbons (Fsp3) is 0.550. The Morgan fingerprint density at radius 1 is 1.04 bits per heavy atom. The quantitative estimate of drug-likeness (QED) is 0.499. The Morgan fingerprint density at radius 3 is 2.07 bits per heavy atom. The van der Waals surface area contributed by atoms with Gasteiger partial charge in [0.25, 0.3) is 0 Å². The highest BCUT2D eigenvalue weighted by atomic mass is 32.2. The number of ketones is 1. The zero-order chi connectivity index (χ0) is 20.6. The van der Waals surface area contributed by atoms with Crippen molar-refractivity contribution in [2.45, 2.75) is 64.1 Å². The lowest BCUT2D eigenvalue weighted by atomic mass is 9.96. The topological polar surface area (TPSA) is 101 Å². The third-order valence-corrected chi connectivity index (χ3v) is 5.05. The first kappa shape index (κ1) is 23.2. The zero-order valence-corrected chi connectivity index (χ0v) is 17.6. The van der Waals surface area contributed by atoms with E-state index in [1.54, 1.807) is 11.8 Å². The Kier molecular flexibility index (Phi) is 9.52. The van der Waals surface area contributed by atoms with Gasteiger partial charge in [0, 0.05) is 29.5 Å². The number of rotatable bonds is 11. The number of Topliss-reactive ketones (excluding diaryl/α,β-unsaturated/α-hetero) is 1. The Labute approximate surface area is 166 Å². The number of primary amides is 1. The number of hydrogen-bond acceptors (Lipinski definition) is 5. The number of nitrogens with one attached hydrogen (secondary N) is 2. The van der Waals surface area contributed by atoms with E-state index in [2.05, 4.69) is 10.6 Å². The Balaban J connectivity index is 2.72. The summed E-state index contributed by atoms with van der Waals surface area (Å²) in [7, 11) is 0. The summed E-state index contributed by atoms with van der Waals surface area (Å²) in [4.78, 5) is 36.2. The fourth-order valence-corrected chi connectivity index (χ4v) is 3.57. The molecule has 0 saturated heterocycles. The molecular formula is C20H31N3O3S. The average Bonchev–Trinajstić information content (AvgIpc) is 2.57. The minimum atomic E-state index is -0.518. The van der Waals surface area contributed by atoms with Crippen LogP contribution in [0.1, 0.15) is 40.2 Å². The molecule has 0 spiro atoms. The second-order valence-electron chi connectivity index (χ2n) is 7.25. The molecule has 0 fully saturated rings. The maximum atomic E-state index is 12.3. The van der Waals surface area contributed by atoms with E-state index < -0.39 is 6.04 Å². The maximum Gasteiger partial charge on any atom is 0.235 e. The van der Waals surface area contributed by atoms with E-state index in [1.165, 1.54) is 6.92 Å². The Bertz CT molecular complexity index is 644. The smallest absolute Gasteiger partial charge is 0.235 e. The first-order valence-corrected chi connectivity index (χ1v) is 10.2. The average molecular weight is 394 g/mol. The number of hydrogen-bond donors (Lipinski definition) is 3. The van der Waals surface area contributed by atoms with E-state index in [-0.39, 0.29) is 35.6 Å². The zero-order valence-electron chi connectivity index (χ0n) is 16.7. The lowest BCUT2D eigenvalue weighted by Crippen LogP contribution is -2.46. The van der Waals surface area contributed by atoms with E-state index in [0.29, 0.717) is 12.2 Å². The normalized spacial score (nSPS) is 13.4. The van der Waals surface area contributed by atoms with Crippen LogP contribution in [0.4, 0.5) is 0 Å². The standard InChI is InChI=1S/C20H31N3O3S/c1-12(2)19(25)17(23-14(5)24)10-15-6-8-16(9-7-15)27-11-18(20(21)26)22-13(3)4/h6-9,12-13,17-18,22H,10-11H2,1-5H3,(H2,21,26)(H,23,24). The van der Waals surface area contributed by atoms with Gasteiger partial charge in [-0.05, 0) is 24.1 Å². The molecule has 0 aliphatic rings. The van der Waals surface area contributed by atoms with Gasteiger partial charge < -0.3 is 16.4 Å². The van der Waals surface area contributed by atoms with Gasteiger partial charge in [-0.25, -0.2) is 0 Å². The molecule has 150 valence electrons. The van der Waals surface area contributed by atoms with Crippen LogP contribution >= 0.6 is 11.8 Å². The molecule has 4 N–H and O–H groups in total. The number of nitrogens with two attached hydrogens (primary N) is 1. The van der Waals surface area contributed by atoms with Gasteiger partial charge in [0.05, 0.1) is 12.1 Å². The van der Waals surface area contributed by atoms with E-state index in [0.717, 1.165) is 10.5 Å². The largest absolute Gasteiger partial charge is 0.368 e. The molecule has 2 amide bonds. The first-order chi connectivity index (χ1) is 12.6. The molecule has 2 unspecified atom stereocenters. The van der Waals surface area contributed by atoms with Crippen LogP contribution in [0.15, 0.2) is 29.2 Å². The van der Waals surface area contributed by atoms with Gasteiger partial charge in [-0.1, -0.05) is 39.8 Å². The lowest BCUT2D eigenvalue weighted by molar-refractivity contribution is -0.128. The van der Waals surface area contributed by atoms with Gasteiger partial charge in [-0.15, -0.1) is 11.8 Å². The number of carbonyl (C=O) groups is 3. The van der Waals surface area contributed by atoms with Gasteiger partial charge in [0.1, 0.15) is 0 Å². The molecule has 0 aliphatic carbocycles. The van der Waals surface area contributed by atoms with Gasteiger partial charge in [0.15, 0.2) is 5.78 Å². The molecule has 0 heterocycles. The SMILES string of the molecule is CC(=O)NC(Cc1ccc(SCC(NC(C)C)C(N)=O)cc1)C(=O)C(C)C. The molecule has 7 heteroatoms. The van der Waals surface area contributed by atoms with Crippen molar-refractivity contribution in [2.75, 3.05) is 5.75 Å². The third kappa shape index (κ3) is 8.58. The summed E-state index contributed by atoms with van der Waals surface area (Å²) in [5.74, 6) is -0.147. The summed E-state index contributed by atoms with van der Waals surface area (Å²) in [5.41, 5.74) is 6.41. The van der Waals surface area contributed by atoms with E-state index in [1.807, 2.05) is 52.0 Å². The van der Waals surface area contributed by atoms with Crippen molar-refractivity contribution in [1.29, 1.82) is 0 Å². The van der Waals surface area contributed by atoms with E-state index >= 15 is 0 Å². The summed E-state index contributed by atoms with van der Waals surface area (Å²) in [6, 6.07) is 7.07. The van der Waals surface area contributed by atoms with E-state index in [4.69, 9.17) is 5.73 Å². The highest BCUT2D eigenvalue weighted by molar-refractivity contribution is 7.99. The van der Waals surface area contributed by atoms with Crippen LogP contribution in [0.5, 0.6) is 0 Å². The van der Waals surface area contributed by atoms with Gasteiger partial charge in [0.2, 0.25) is 11.8 Å². The molecular weight excluding hydrogens is 362 g/mol. The monoisotopic (exact) mass is 393 g/mol. The van der Waals surface area contributed by atoms with Crippen molar-refractivity contribution in [1.82, 2.24) is 10.6 Å². The van der Waals surface area contributed by atoms with Crippen molar-refractivity contribution < 1.29 is 14.4 Å². The number of amides is 2. The summed E-state index contributed by atoms with van der Waals surface area (Å²) in [6.07, 6.45) is 0.459. The van der Waals surface area contributed by atoms with Crippen LogP contribution in [-0.4, -0.2) is 41.5 Å². The van der Waals surface area contributed by atoms with Crippen molar-refractivity contribution in [3.63, 3.8) is 0 Å². The maximum absolute atomic E-state index is 12.3. The number of thioether (sulfide) groups is 1. The molecule has 0 saturated carbocycles. The van der Waals surface area contributed by atoms with Crippen LogP contribution in [0, 0.1) is 5.92 Å². The molecule has 1 aromatic rings. The summed E-state index contributed by atoms with van der Waals surface area (Å²) in [6.45, 7) is 9.02. The minimum Gasteiger partial charge on any atom is -0.368 e. The van der Waals surface area contributed by atoms with Crippen molar-refractivity contribution in [2.24, 2.45) is 11.7 Å². The van der Waals surface area contributed by atoms with Crippen LogP contribution < -0.4 is 16.4 Å². The third-order valence-electron chi connectivity index (χ3n) is 3.95. The van der Waals surface area contributed by atoms with Crippen molar-refractivity contribution >= 4 is 29.4 Å². The van der Waals surface area contributed by atoms with Crippen LogP contribution in [0.3, 0.4) is 0 Å². The lowest BCUT2D eigenvalue weighted by Gasteiger charge is -2.19. The molecule has 2 atom stereocenters. The molecule has 27 heavy (non-hydrogen) atoms. The summed E-state index contributed by atoms with van der Waals surface area (Å²) < 4.78 is 0. The van der Waals surface area contributed by atoms with Crippen molar-refractivity contribution in [3.8, 4) is 0 Å². The molecule has 1 aromatic carbocycles. The molecule has 0 aromatic heterocycles.